The Labute approximate surface area is 88.0 Å². The van der Waals surface area contributed by atoms with E-state index in [0.717, 1.165) is 0 Å². The Morgan fingerprint density at radius 3 is 2.29 bits per heavy atom. The van der Waals surface area contributed by atoms with Gasteiger partial charge in [0.25, 0.3) is 0 Å². The molecule has 0 heterocycles. The van der Waals surface area contributed by atoms with Gasteiger partial charge in [0.1, 0.15) is 0 Å². The molecule has 0 aliphatic heterocycles. The van der Waals surface area contributed by atoms with E-state index in [0.29, 0.717) is 5.75 Å². The van der Waals surface area contributed by atoms with Crippen LogP contribution in [0.5, 0.6) is 0 Å². The van der Waals surface area contributed by atoms with Gasteiger partial charge >= 0.3 is 0 Å². The van der Waals surface area contributed by atoms with E-state index in [-0.39, 0.29) is 12.6 Å². The first-order valence-corrected chi connectivity index (χ1v) is 7.58. The number of hydrogen-bond acceptors (Lipinski definition) is 4. The molecule has 0 saturated carbocycles. The van der Waals surface area contributed by atoms with Crippen molar-refractivity contribution in [2.45, 2.75) is 25.1 Å². The minimum Gasteiger partial charge on any atom is -0.329 e. The van der Waals surface area contributed by atoms with Crippen LogP contribution in [-0.2, 0) is 20.8 Å². The van der Waals surface area contributed by atoms with Crippen LogP contribution in [0.1, 0.15) is 13.8 Å². The summed E-state index contributed by atoms with van der Waals surface area (Å²) in [6.07, 6.45) is 1.54. The Kier molecular flexibility index (Phi) is 5.80. The maximum atomic E-state index is 11.5. The van der Waals surface area contributed by atoms with Crippen molar-refractivity contribution in [2.24, 2.45) is 5.73 Å². The zero-order chi connectivity index (χ0) is 11.4. The zero-order valence-electron chi connectivity index (χ0n) is 8.69. The van der Waals surface area contributed by atoms with Crippen molar-refractivity contribution in [3.63, 3.8) is 0 Å². The highest BCUT2D eigenvalue weighted by molar-refractivity contribution is 7.90. The van der Waals surface area contributed by atoms with E-state index in [1.807, 2.05) is 0 Å². The van der Waals surface area contributed by atoms with Gasteiger partial charge in [-0.2, -0.15) is 0 Å². The molecular weight excluding hydrogens is 224 g/mol. The van der Waals surface area contributed by atoms with Gasteiger partial charge in [-0.05, 0) is 13.8 Å². The minimum atomic E-state index is -3.36. The van der Waals surface area contributed by atoms with Crippen molar-refractivity contribution < 1.29 is 12.6 Å². The van der Waals surface area contributed by atoms with Crippen LogP contribution in [0.2, 0.25) is 0 Å². The van der Waals surface area contributed by atoms with Gasteiger partial charge < -0.3 is 5.73 Å². The second kappa shape index (κ2) is 5.79. The van der Waals surface area contributed by atoms with Gasteiger partial charge in [-0.1, -0.05) is 0 Å². The molecule has 86 valence electrons. The molecule has 0 bridgehead atoms. The van der Waals surface area contributed by atoms with Crippen molar-refractivity contribution in [1.82, 2.24) is 4.72 Å². The smallest absolute Gasteiger partial charge is 0.215 e. The molecule has 3 unspecified atom stereocenters. The Morgan fingerprint density at radius 2 is 1.93 bits per heavy atom. The average molecular weight is 242 g/mol. The normalized spacial score (nSPS) is 18.9. The van der Waals surface area contributed by atoms with Crippen LogP contribution in [0.25, 0.3) is 0 Å². The lowest BCUT2D eigenvalue weighted by Crippen LogP contribution is -2.43. The van der Waals surface area contributed by atoms with Gasteiger partial charge in [0.05, 0.1) is 5.25 Å². The standard InChI is InChI=1S/C7H18N2O3S2/c1-6(5-13(3)10)9-14(11,12)7(2)4-8/h6-7,9H,4-5,8H2,1-3H3. The minimum absolute atomic E-state index is 0.0806. The van der Waals surface area contributed by atoms with Gasteiger partial charge in [0, 0.05) is 35.4 Å². The third-order valence-corrected chi connectivity index (χ3v) is 4.66. The number of hydrogen-bond donors (Lipinski definition) is 2. The van der Waals surface area contributed by atoms with Gasteiger partial charge in [-0.3, -0.25) is 4.21 Å². The van der Waals surface area contributed by atoms with Crippen LogP contribution in [0.15, 0.2) is 0 Å². The molecule has 0 aliphatic carbocycles. The van der Waals surface area contributed by atoms with Gasteiger partial charge in [0.2, 0.25) is 10.0 Å². The molecule has 0 aliphatic rings. The molecule has 0 aromatic heterocycles. The highest BCUT2D eigenvalue weighted by atomic mass is 32.2. The quantitative estimate of drug-likeness (QED) is 0.626. The van der Waals surface area contributed by atoms with Crippen molar-refractivity contribution in [3.05, 3.63) is 0 Å². The van der Waals surface area contributed by atoms with Crippen molar-refractivity contribution in [2.75, 3.05) is 18.6 Å². The third-order valence-electron chi connectivity index (χ3n) is 1.71. The third kappa shape index (κ3) is 5.04. The summed E-state index contributed by atoms with van der Waals surface area (Å²) in [5.74, 6) is 0.316. The van der Waals surface area contributed by atoms with Gasteiger partial charge in [-0.15, -0.1) is 0 Å². The molecular formula is C7H18N2O3S2. The molecule has 3 atom stereocenters. The molecule has 14 heavy (non-hydrogen) atoms. The van der Waals surface area contributed by atoms with Crippen LogP contribution in [-0.4, -0.2) is 42.5 Å². The summed E-state index contributed by atoms with van der Waals surface area (Å²) >= 11 is 0. The molecule has 0 radical (unpaired) electrons. The summed E-state index contributed by atoms with van der Waals surface area (Å²) in [5.41, 5.74) is 5.26. The fourth-order valence-electron chi connectivity index (χ4n) is 0.909. The highest BCUT2D eigenvalue weighted by Gasteiger charge is 2.21. The second-order valence-corrected chi connectivity index (χ2v) is 6.96. The number of sulfonamides is 1. The highest BCUT2D eigenvalue weighted by Crippen LogP contribution is 1.98. The van der Waals surface area contributed by atoms with Gasteiger partial charge in [-0.25, -0.2) is 13.1 Å². The predicted octanol–water partition coefficient (Wildman–Crippen LogP) is -0.980. The summed E-state index contributed by atoms with van der Waals surface area (Å²) in [6, 6.07) is -0.320. The van der Waals surface area contributed by atoms with Crippen molar-refractivity contribution in [1.29, 1.82) is 0 Å². The molecule has 0 fully saturated rings. The lowest BCUT2D eigenvalue weighted by Gasteiger charge is -2.16. The van der Waals surface area contributed by atoms with Crippen LogP contribution in [0.4, 0.5) is 0 Å². The first-order valence-electron chi connectivity index (χ1n) is 4.30. The van der Waals surface area contributed by atoms with Crippen LogP contribution >= 0.6 is 0 Å². The second-order valence-electron chi connectivity index (χ2n) is 3.35. The van der Waals surface area contributed by atoms with Crippen LogP contribution in [0, 0.1) is 0 Å². The van der Waals surface area contributed by atoms with E-state index in [1.165, 1.54) is 13.2 Å². The van der Waals surface area contributed by atoms with Crippen molar-refractivity contribution >= 4 is 20.8 Å². The fourth-order valence-corrected chi connectivity index (χ4v) is 2.93. The van der Waals surface area contributed by atoms with Crippen LogP contribution < -0.4 is 10.5 Å². The fraction of sp³-hybridized carbons (Fsp3) is 1.00. The summed E-state index contributed by atoms with van der Waals surface area (Å²) in [7, 11) is -4.37. The first kappa shape index (κ1) is 14.0. The maximum absolute atomic E-state index is 11.5. The van der Waals surface area contributed by atoms with E-state index in [2.05, 4.69) is 4.72 Å². The molecule has 5 nitrogen and oxygen atoms in total. The molecule has 0 aromatic carbocycles. The molecule has 0 spiro atoms. The molecule has 0 saturated heterocycles. The number of nitrogens with one attached hydrogen (secondary N) is 1. The zero-order valence-corrected chi connectivity index (χ0v) is 10.3. The average Bonchev–Trinajstić information content (AvgIpc) is 1.99. The summed E-state index contributed by atoms with van der Waals surface area (Å²) in [5, 5.41) is -0.616. The number of nitrogens with two attached hydrogens (primary N) is 1. The predicted molar refractivity (Wildman–Crippen MR) is 59.0 cm³/mol. The Hall–Kier alpha value is 0.0200. The SMILES string of the molecule is CC(CS(C)=O)NS(=O)(=O)C(C)CN. The van der Waals surface area contributed by atoms with Crippen molar-refractivity contribution in [3.8, 4) is 0 Å². The van der Waals surface area contributed by atoms with Crippen LogP contribution in [0.3, 0.4) is 0 Å². The first-order chi connectivity index (χ1) is 6.29. The molecule has 0 rings (SSSR count). The molecule has 0 aromatic rings. The van der Waals surface area contributed by atoms with Gasteiger partial charge in [0.15, 0.2) is 0 Å². The summed E-state index contributed by atoms with van der Waals surface area (Å²) < 4.78 is 36.2. The van der Waals surface area contributed by atoms with E-state index in [4.69, 9.17) is 5.73 Å². The topological polar surface area (TPSA) is 89.3 Å². The van der Waals surface area contributed by atoms with E-state index >= 15 is 0 Å². The van der Waals surface area contributed by atoms with E-state index < -0.39 is 26.1 Å². The largest absolute Gasteiger partial charge is 0.329 e. The molecule has 3 N–H and O–H groups in total. The molecule has 7 heteroatoms. The number of rotatable bonds is 6. The summed E-state index contributed by atoms with van der Waals surface area (Å²) in [4.78, 5) is 0. The monoisotopic (exact) mass is 242 g/mol. The Morgan fingerprint density at radius 1 is 1.43 bits per heavy atom. The lowest BCUT2D eigenvalue weighted by atomic mass is 10.4. The summed E-state index contributed by atoms with van der Waals surface area (Å²) in [6.45, 7) is 3.30. The van der Waals surface area contributed by atoms with E-state index in [9.17, 15) is 12.6 Å². The Bertz CT molecular complexity index is 289. The molecule has 0 amide bonds. The lowest BCUT2D eigenvalue weighted by molar-refractivity contribution is 0.558. The Balaban J connectivity index is 4.29. The maximum Gasteiger partial charge on any atom is 0.215 e. The van der Waals surface area contributed by atoms with E-state index in [1.54, 1.807) is 6.92 Å².